The Hall–Kier alpha value is -2.95. The summed E-state index contributed by atoms with van der Waals surface area (Å²) in [6.07, 6.45) is 1.14. The Morgan fingerprint density at radius 1 is 1.23 bits per heavy atom. The van der Waals surface area contributed by atoms with Gasteiger partial charge in [-0.3, -0.25) is 4.90 Å². The van der Waals surface area contributed by atoms with Gasteiger partial charge in [-0.25, -0.2) is 4.79 Å². The number of amides is 1. The van der Waals surface area contributed by atoms with E-state index in [0.29, 0.717) is 11.4 Å². The molecule has 1 unspecified atom stereocenters. The summed E-state index contributed by atoms with van der Waals surface area (Å²) in [7, 11) is 1.59. The van der Waals surface area contributed by atoms with Gasteiger partial charge in [-0.2, -0.15) is 0 Å². The number of benzene rings is 2. The van der Waals surface area contributed by atoms with Crippen LogP contribution in [-0.2, 0) is 0 Å². The number of hydrogen-bond acceptors (Lipinski definition) is 3. The molecule has 1 aliphatic heterocycles. The van der Waals surface area contributed by atoms with Crippen LogP contribution in [0, 0.1) is 0 Å². The highest BCUT2D eigenvalue weighted by atomic mass is 16.5. The Kier molecular flexibility index (Phi) is 5.46. The van der Waals surface area contributed by atoms with Crippen molar-refractivity contribution in [3.05, 3.63) is 72.4 Å². The van der Waals surface area contributed by atoms with E-state index >= 15 is 0 Å². The highest BCUT2D eigenvalue weighted by Gasteiger charge is 2.28. The zero-order chi connectivity index (χ0) is 18.5. The van der Waals surface area contributed by atoms with Gasteiger partial charge in [0.2, 0.25) is 0 Å². The third-order valence-corrected chi connectivity index (χ3v) is 4.80. The molecule has 0 radical (unpaired) electrons. The first-order valence-electron chi connectivity index (χ1n) is 8.74. The number of likely N-dealkylation sites (tertiary alicyclic amines) is 1. The van der Waals surface area contributed by atoms with Gasteiger partial charge < -0.3 is 14.7 Å². The van der Waals surface area contributed by atoms with Crippen LogP contribution in [0.4, 0.5) is 10.5 Å². The van der Waals surface area contributed by atoms with Gasteiger partial charge in [0.1, 0.15) is 5.75 Å². The molecule has 5 heteroatoms. The summed E-state index contributed by atoms with van der Waals surface area (Å²) in [6.45, 7) is 5.33. The number of methoxy groups -OCH3 is 1. The molecule has 0 spiro atoms. The highest BCUT2D eigenvalue weighted by molar-refractivity contribution is 5.86. The van der Waals surface area contributed by atoms with Gasteiger partial charge in [-0.05, 0) is 42.7 Å². The molecule has 0 aliphatic carbocycles. The molecule has 0 aromatic heterocycles. The van der Waals surface area contributed by atoms with Crippen LogP contribution in [0.1, 0.15) is 24.4 Å². The van der Waals surface area contributed by atoms with Crippen LogP contribution < -0.4 is 9.64 Å². The van der Waals surface area contributed by atoms with Gasteiger partial charge in [0.05, 0.1) is 19.7 Å². The van der Waals surface area contributed by atoms with Crippen molar-refractivity contribution >= 4 is 11.8 Å². The minimum Gasteiger partial charge on any atom is -0.497 e. The van der Waals surface area contributed by atoms with E-state index in [2.05, 4.69) is 23.6 Å². The fourth-order valence-electron chi connectivity index (χ4n) is 3.47. The first kappa shape index (κ1) is 17.9. The molecule has 1 heterocycles. The van der Waals surface area contributed by atoms with Crippen LogP contribution in [0.2, 0.25) is 0 Å². The maximum atomic E-state index is 11.8. The van der Waals surface area contributed by atoms with Crippen LogP contribution in [0.5, 0.6) is 5.75 Å². The lowest BCUT2D eigenvalue weighted by atomic mass is 10.0. The van der Waals surface area contributed by atoms with E-state index in [0.717, 1.165) is 25.1 Å². The maximum Gasteiger partial charge on any atom is 0.412 e. The fourth-order valence-corrected chi connectivity index (χ4v) is 3.47. The second kappa shape index (κ2) is 7.95. The Morgan fingerprint density at radius 3 is 2.54 bits per heavy atom. The number of nitrogens with zero attached hydrogens (tertiary/aromatic N) is 2. The molecule has 2 aromatic rings. The van der Waals surface area contributed by atoms with E-state index in [-0.39, 0.29) is 12.6 Å². The number of rotatable bonds is 6. The molecule has 26 heavy (non-hydrogen) atoms. The van der Waals surface area contributed by atoms with Gasteiger partial charge in [-0.1, -0.05) is 36.9 Å². The van der Waals surface area contributed by atoms with E-state index in [1.807, 2.05) is 18.2 Å². The quantitative estimate of drug-likeness (QED) is 0.830. The molecule has 0 saturated carbocycles. The van der Waals surface area contributed by atoms with Gasteiger partial charge in [0.25, 0.3) is 0 Å². The molecular weight excluding hydrogens is 328 g/mol. The lowest BCUT2D eigenvalue weighted by Crippen LogP contribution is -2.36. The second-order valence-corrected chi connectivity index (χ2v) is 6.40. The van der Waals surface area contributed by atoms with Gasteiger partial charge in [-0.15, -0.1) is 0 Å². The standard InChI is InChI=1S/C21H24N2O3/c1-16(22-14-6-9-20(22)17-7-4-3-5-8-17)15-23(21(24)25)18-10-12-19(26-2)13-11-18/h3-5,7-8,10-13,20H,1,6,9,14-15H2,2H3,(H,24,25). The summed E-state index contributed by atoms with van der Waals surface area (Å²) >= 11 is 0. The minimum atomic E-state index is -0.994. The summed E-state index contributed by atoms with van der Waals surface area (Å²) in [4.78, 5) is 15.3. The van der Waals surface area contributed by atoms with Crippen molar-refractivity contribution < 1.29 is 14.6 Å². The monoisotopic (exact) mass is 352 g/mol. The van der Waals surface area contributed by atoms with Crippen LogP contribution in [-0.4, -0.2) is 36.3 Å². The van der Waals surface area contributed by atoms with Crippen LogP contribution >= 0.6 is 0 Å². The summed E-state index contributed by atoms with van der Waals surface area (Å²) < 4.78 is 5.14. The topological polar surface area (TPSA) is 53.0 Å². The zero-order valence-electron chi connectivity index (χ0n) is 15.0. The SMILES string of the molecule is C=C(CN(C(=O)O)c1ccc(OC)cc1)N1CCCC1c1ccccc1. The number of hydrogen-bond donors (Lipinski definition) is 1. The average Bonchev–Trinajstić information content (AvgIpc) is 3.16. The largest absolute Gasteiger partial charge is 0.497 e. The predicted octanol–water partition coefficient (Wildman–Crippen LogP) is 4.53. The van der Waals surface area contributed by atoms with Crippen molar-refractivity contribution in [2.75, 3.05) is 25.1 Å². The summed E-state index contributed by atoms with van der Waals surface area (Å²) in [5, 5.41) is 9.66. The summed E-state index contributed by atoms with van der Waals surface area (Å²) in [5.74, 6) is 0.696. The molecule has 1 N–H and O–H groups in total. The highest BCUT2D eigenvalue weighted by Crippen LogP contribution is 2.35. The Balaban J connectivity index is 1.76. The predicted molar refractivity (Wildman–Crippen MR) is 103 cm³/mol. The summed E-state index contributed by atoms with van der Waals surface area (Å²) in [6, 6.07) is 17.6. The maximum absolute atomic E-state index is 11.8. The van der Waals surface area contributed by atoms with Crippen molar-refractivity contribution in [3.63, 3.8) is 0 Å². The molecule has 3 rings (SSSR count). The Bertz CT molecular complexity index is 759. The van der Waals surface area contributed by atoms with E-state index < -0.39 is 6.09 Å². The third-order valence-electron chi connectivity index (χ3n) is 4.80. The van der Waals surface area contributed by atoms with Crippen molar-refractivity contribution in [2.45, 2.75) is 18.9 Å². The number of anilines is 1. The van der Waals surface area contributed by atoms with Crippen molar-refractivity contribution in [2.24, 2.45) is 0 Å². The molecular formula is C21H24N2O3. The average molecular weight is 352 g/mol. The first-order valence-corrected chi connectivity index (χ1v) is 8.74. The molecule has 1 amide bonds. The van der Waals surface area contributed by atoms with Crippen LogP contribution in [0.15, 0.2) is 66.9 Å². The Labute approximate surface area is 154 Å². The second-order valence-electron chi connectivity index (χ2n) is 6.40. The van der Waals surface area contributed by atoms with Crippen molar-refractivity contribution in [1.29, 1.82) is 0 Å². The van der Waals surface area contributed by atoms with Crippen molar-refractivity contribution in [1.82, 2.24) is 4.90 Å². The Morgan fingerprint density at radius 2 is 1.92 bits per heavy atom. The number of ether oxygens (including phenoxy) is 1. The van der Waals surface area contributed by atoms with E-state index in [1.165, 1.54) is 10.5 Å². The third kappa shape index (κ3) is 3.82. The van der Waals surface area contributed by atoms with E-state index in [1.54, 1.807) is 31.4 Å². The van der Waals surface area contributed by atoms with E-state index in [4.69, 9.17) is 4.74 Å². The summed E-state index contributed by atoms with van der Waals surface area (Å²) in [5.41, 5.74) is 2.67. The number of carbonyl (C=O) groups is 1. The minimum absolute atomic E-state index is 0.241. The lowest BCUT2D eigenvalue weighted by Gasteiger charge is -2.31. The lowest BCUT2D eigenvalue weighted by molar-refractivity contribution is 0.201. The van der Waals surface area contributed by atoms with Gasteiger partial charge >= 0.3 is 6.09 Å². The molecule has 1 fully saturated rings. The van der Waals surface area contributed by atoms with Crippen molar-refractivity contribution in [3.8, 4) is 5.75 Å². The molecule has 2 aromatic carbocycles. The van der Waals surface area contributed by atoms with Gasteiger partial charge in [0.15, 0.2) is 0 Å². The van der Waals surface area contributed by atoms with Gasteiger partial charge in [0, 0.05) is 17.9 Å². The normalized spacial score (nSPS) is 16.3. The van der Waals surface area contributed by atoms with E-state index in [9.17, 15) is 9.90 Å². The molecule has 136 valence electrons. The molecule has 5 nitrogen and oxygen atoms in total. The smallest absolute Gasteiger partial charge is 0.412 e. The fraction of sp³-hybridized carbons (Fsp3) is 0.286. The molecule has 1 atom stereocenters. The van der Waals surface area contributed by atoms with Crippen LogP contribution in [0.3, 0.4) is 0 Å². The molecule has 1 saturated heterocycles. The number of carboxylic acid groups (broad SMARTS) is 1. The molecule has 0 bridgehead atoms. The first-order chi connectivity index (χ1) is 12.6. The molecule has 1 aliphatic rings. The van der Waals surface area contributed by atoms with Crippen LogP contribution in [0.25, 0.3) is 0 Å². The zero-order valence-corrected chi connectivity index (χ0v) is 15.0.